The van der Waals surface area contributed by atoms with E-state index in [0.29, 0.717) is 47.5 Å². The number of hydrogen-bond donors (Lipinski definition) is 8. The molecule has 69 heavy (non-hydrogen) atoms. The maximum atomic E-state index is 15.9. The highest BCUT2D eigenvalue weighted by molar-refractivity contribution is 6.05. The number of Topliss-reactive ketones (excluding diaryl/α,β-unsaturated/α-hetero) is 2. The van der Waals surface area contributed by atoms with Gasteiger partial charge in [-0.2, -0.15) is 0 Å². The van der Waals surface area contributed by atoms with Gasteiger partial charge in [0.2, 0.25) is 0 Å². The van der Waals surface area contributed by atoms with Crippen LogP contribution in [0.3, 0.4) is 0 Å². The van der Waals surface area contributed by atoms with E-state index in [1.165, 1.54) is 0 Å². The van der Waals surface area contributed by atoms with Crippen molar-refractivity contribution in [2.24, 2.45) is 11.8 Å². The van der Waals surface area contributed by atoms with Crippen LogP contribution in [0.15, 0.2) is 96.9 Å². The molecule has 3 aliphatic heterocycles. The zero-order valence-electron chi connectivity index (χ0n) is 38.6. The lowest BCUT2D eigenvalue weighted by molar-refractivity contribution is -0.135. The Bertz CT molecular complexity index is 2980. The van der Waals surface area contributed by atoms with Crippen molar-refractivity contribution in [2.75, 3.05) is 11.9 Å². The van der Waals surface area contributed by atoms with E-state index in [0.717, 1.165) is 70.3 Å². The average Bonchev–Trinajstić information content (AvgIpc) is 4.13. The van der Waals surface area contributed by atoms with Crippen LogP contribution in [0.25, 0.3) is 12.2 Å². The Morgan fingerprint density at radius 3 is 2.55 bits per heavy atom. The van der Waals surface area contributed by atoms with Crippen LogP contribution in [0.4, 0.5) is 5.82 Å². The van der Waals surface area contributed by atoms with Gasteiger partial charge in [0.05, 0.1) is 23.7 Å². The van der Waals surface area contributed by atoms with Crippen molar-refractivity contribution in [3.63, 3.8) is 0 Å². The summed E-state index contributed by atoms with van der Waals surface area (Å²) in [6.45, 7) is -0.396. The number of nitrogens with one attached hydrogen (secondary N) is 3. The molecule has 4 aliphatic carbocycles. The number of aromatic amines is 2. The van der Waals surface area contributed by atoms with Crippen molar-refractivity contribution in [2.45, 2.75) is 119 Å². The molecule has 0 unspecified atom stereocenters. The Kier molecular flexibility index (Phi) is 12.0. The number of carbonyl (C=O) groups is 2. The number of benzene rings is 3. The van der Waals surface area contributed by atoms with Crippen LogP contribution in [0.5, 0.6) is 17.2 Å². The molecule has 8 atom stereocenters. The largest absolute Gasteiger partial charge is 0.507 e. The Labute approximate surface area is 402 Å². The fourth-order valence-electron chi connectivity index (χ4n) is 12.2. The third-order valence-corrected chi connectivity index (χ3v) is 15.8. The number of aliphatic hydroxyl groups is 3. The first-order chi connectivity index (χ1) is 33.5. The molecule has 0 saturated heterocycles. The van der Waals surface area contributed by atoms with E-state index >= 15 is 4.79 Å². The van der Waals surface area contributed by atoms with Crippen LogP contribution in [-0.4, -0.2) is 77.5 Å². The first-order valence-corrected chi connectivity index (χ1v) is 24.8. The van der Waals surface area contributed by atoms with E-state index in [1.54, 1.807) is 24.3 Å². The van der Waals surface area contributed by atoms with Crippen LogP contribution in [-0.2, 0) is 28.9 Å². The van der Waals surface area contributed by atoms with Crippen molar-refractivity contribution in [3.8, 4) is 29.1 Å². The summed E-state index contributed by atoms with van der Waals surface area (Å²) >= 11 is 0. The number of ketones is 2. The molecule has 0 amide bonds. The van der Waals surface area contributed by atoms with E-state index in [-0.39, 0.29) is 73.1 Å². The number of allylic oxidation sites excluding steroid dienone is 1. The summed E-state index contributed by atoms with van der Waals surface area (Å²) < 4.78 is 6.50. The van der Waals surface area contributed by atoms with Gasteiger partial charge in [0, 0.05) is 84.3 Å². The predicted octanol–water partition coefficient (Wildman–Crippen LogP) is 8.66. The highest BCUT2D eigenvalue weighted by atomic mass is 16.5. The fourth-order valence-corrected chi connectivity index (χ4v) is 12.2. The second kappa shape index (κ2) is 18.4. The van der Waals surface area contributed by atoms with E-state index in [9.17, 15) is 30.3 Å². The molecule has 0 radical (unpaired) electrons. The summed E-state index contributed by atoms with van der Waals surface area (Å²) in [6.07, 6.45) is 18.0. The molecule has 7 aliphatic rings. The number of aromatic nitrogens is 2. The monoisotopic (exact) mass is 925 g/mol. The number of phenols is 2. The van der Waals surface area contributed by atoms with Gasteiger partial charge in [-0.15, -0.1) is 0 Å². The number of aliphatic hydroxyl groups excluding tert-OH is 2. The summed E-state index contributed by atoms with van der Waals surface area (Å²) in [5.41, 5.74) is 7.69. The highest BCUT2D eigenvalue weighted by Crippen LogP contribution is 2.49. The topological polar surface area (TPSA) is 188 Å². The Hall–Kier alpha value is -6.58. The van der Waals surface area contributed by atoms with Gasteiger partial charge < -0.3 is 45.6 Å². The van der Waals surface area contributed by atoms with Crippen molar-refractivity contribution >= 4 is 29.5 Å². The molecule has 7 bridgehead atoms. The number of rotatable bonds is 6. The number of H-pyrrole nitrogens is 2. The highest BCUT2D eigenvalue weighted by Gasteiger charge is 2.47. The zero-order chi connectivity index (χ0) is 47.4. The van der Waals surface area contributed by atoms with Gasteiger partial charge in [-0.1, -0.05) is 72.5 Å². The van der Waals surface area contributed by atoms with Crippen LogP contribution in [0.1, 0.15) is 131 Å². The van der Waals surface area contributed by atoms with Gasteiger partial charge in [0.25, 0.3) is 0 Å². The first-order valence-electron chi connectivity index (χ1n) is 24.8. The number of ether oxygens (including phenoxy) is 1. The molecular formula is C58H59N3O8. The number of aromatic hydroxyl groups is 2. The SMILES string of the molecule is O=C1CCc2cc(c(O)c(OC3CCCC3)c2)Cc2ccc3c(c2)[C@H]2C=C[C@H]3[C@H](O)CC#C[C@@H](Nc3[nH]ccc32)C2=Cc3[nH]ccc3[C@H](C[C@]3(O)C=Cc4c(O)cccc4CC3)[C@H]2C(=O)[C@H]1CCO. The minimum atomic E-state index is -1.43. The van der Waals surface area contributed by atoms with Gasteiger partial charge in [0.1, 0.15) is 23.4 Å². The lowest BCUT2D eigenvalue weighted by atomic mass is 9.65. The fraction of sp³-hybridized carbons (Fsp3) is 0.379. The van der Waals surface area contributed by atoms with Gasteiger partial charge in [-0.25, -0.2) is 0 Å². The molecule has 354 valence electrons. The van der Waals surface area contributed by atoms with E-state index in [1.807, 2.05) is 48.8 Å². The summed E-state index contributed by atoms with van der Waals surface area (Å²) in [5, 5.41) is 61.7. The second-order valence-corrected chi connectivity index (χ2v) is 20.1. The predicted molar refractivity (Wildman–Crippen MR) is 264 cm³/mol. The number of phenolic OH excluding ortho intramolecular Hbond substituents is 2. The van der Waals surface area contributed by atoms with Gasteiger partial charge in [-0.05, 0) is 127 Å². The normalized spacial score (nSPS) is 27.3. The molecule has 1 fully saturated rings. The van der Waals surface area contributed by atoms with Gasteiger partial charge in [0.15, 0.2) is 17.3 Å². The van der Waals surface area contributed by atoms with Crippen molar-refractivity contribution in [1.82, 2.24) is 9.97 Å². The third-order valence-electron chi connectivity index (χ3n) is 15.8. The molecule has 3 aromatic carbocycles. The van der Waals surface area contributed by atoms with Crippen molar-refractivity contribution in [3.05, 3.63) is 153 Å². The zero-order valence-corrected chi connectivity index (χ0v) is 38.6. The van der Waals surface area contributed by atoms with E-state index < -0.39 is 42.1 Å². The molecule has 12 rings (SSSR count). The third kappa shape index (κ3) is 8.53. The Morgan fingerprint density at radius 1 is 0.855 bits per heavy atom. The second-order valence-electron chi connectivity index (χ2n) is 20.1. The lowest BCUT2D eigenvalue weighted by Gasteiger charge is -2.39. The number of hydrogen-bond acceptors (Lipinski definition) is 9. The number of carbonyl (C=O) groups excluding carboxylic acids is 2. The van der Waals surface area contributed by atoms with E-state index in [4.69, 9.17) is 4.74 Å². The summed E-state index contributed by atoms with van der Waals surface area (Å²) in [4.78, 5) is 37.6. The Balaban J connectivity index is 1.08. The molecule has 5 aromatic rings. The molecule has 1 saturated carbocycles. The maximum absolute atomic E-state index is 15.9. The first kappa shape index (κ1) is 44.9. The minimum absolute atomic E-state index is 0.00319. The number of anilines is 1. The number of fused-ring (bicyclic) bond motifs is 8. The van der Waals surface area contributed by atoms with Gasteiger partial charge in [-0.3, -0.25) is 9.59 Å². The molecule has 2 aromatic heterocycles. The summed E-state index contributed by atoms with van der Waals surface area (Å²) in [7, 11) is 0. The molecule has 11 nitrogen and oxygen atoms in total. The van der Waals surface area contributed by atoms with Crippen LogP contribution in [0.2, 0.25) is 0 Å². The van der Waals surface area contributed by atoms with Crippen LogP contribution in [0, 0.1) is 23.7 Å². The number of aryl methyl sites for hydroxylation is 2. The minimum Gasteiger partial charge on any atom is -0.507 e. The van der Waals surface area contributed by atoms with Crippen molar-refractivity contribution < 1.29 is 39.9 Å². The summed E-state index contributed by atoms with van der Waals surface area (Å²) in [5.74, 6) is 3.97. The molecule has 11 heteroatoms. The molecular weight excluding hydrogens is 867 g/mol. The molecule has 5 heterocycles. The summed E-state index contributed by atoms with van der Waals surface area (Å²) in [6, 6.07) is 18.6. The van der Waals surface area contributed by atoms with Crippen molar-refractivity contribution in [1.29, 1.82) is 0 Å². The lowest BCUT2D eigenvalue weighted by Crippen LogP contribution is -2.42. The van der Waals surface area contributed by atoms with Crippen LogP contribution >= 0.6 is 0 Å². The van der Waals surface area contributed by atoms with E-state index in [2.05, 4.69) is 57.5 Å². The average molecular weight is 926 g/mol. The Morgan fingerprint density at radius 2 is 1.70 bits per heavy atom. The molecule has 0 spiro atoms. The standard InChI is InChI=1S/C58H59N3O8/c62-26-21-44-52(65)16-12-34-28-36(55(66)53(30-34)69-37-6-1-2-7-37)27-33-11-13-39-42-15-14-40(45(39)29-33)43-20-25-60-57(43)61-48(8-4-10-51(42)64)46-31-49-41(19-24-59-49)47(54(46)56(44)67)32-58(68)22-17-35-5-3-9-50(63)38(35)18-23-58/h3,5,9,11,13-15,18-20,23-25,28-31,37,40,42,44,47-48,51,54,59-64,66,68H,1-2,6-7,10,12,16-17,21-22,26-27,32H2/t40-,42+,44-,47-,48+,51+,54-,58+/m0/s1. The molecule has 8 N–H and O–H groups in total. The maximum Gasteiger partial charge on any atom is 0.161 e. The van der Waals surface area contributed by atoms with Gasteiger partial charge >= 0.3 is 0 Å². The quantitative estimate of drug-likeness (QED) is 0.0469. The van der Waals surface area contributed by atoms with Crippen LogP contribution < -0.4 is 10.1 Å². The smallest absolute Gasteiger partial charge is 0.161 e.